The zero-order valence-corrected chi connectivity index (χ0v) is 10.0. The summed E-state index contributed by atoms with van der Waals surface area (Å²) in [6.45, 7) is 5.33. The molecule has 1 N–H and O–H groups in total. The second kappa shape index (κ2) is 4.96. The monoisotopic (exact) mass is 221 g/mol. The van der Waals surface area contributed by atoms with Crippen LogP contribution < -0.4 is 5.32 Å². The van der Waals surface area contributed by atoms with Crippen LogP contribution >= 0.6 is 0 Å². The molecule has 1 fully saturated rings. The molecule has 1 atom stereocenters. The highest BCUT2D eigenvalue weighted by atomic mass is 19.1. The predicted molar refractivity (Wildman–Crippen MR) is 65.0 cm³/mol. The van der Waals surface area contributed by atoms with E-state index in [0.717, 1.165) is 12.5 Å². The van der Waals surface area contributed by atoms with Gasteiger partial charge in [0, 0.05) is 12.6 Å². The first-order valence-corrected chi connectivity index (χ1v) is 6.15. The molecule has 0 aliphatic heterocycles. The quantitative estimate of drug-likeness (QED) is 0.804. The Bertz CT molecular complexity index is 327. The molecule has 0 radical (unpaired) electrons. The highest BCUT2D eigenvalue weighted by Gasteiger charge is 2.31. The summed E-state index contributed by atoms with van der Waals surface area (Å²) < 4.78 is 12.9. The van der Waals surface area contributed by atoms with Crippen molar-refractivity contribution < 1.29 is 4.39 Å². The van der Waals surface area contributed by atoms with E-state index in [1.54, 1.807) is 12.1 Å². The second-order valence-corrected chi connectivity index (χ2v) is 5.06. The lowest BCUT2D eigenvalue weighted by Gasteiger charge is -2.19. The van der Waals surface area contributed by atoms with Crippen LogP contribution in [-0.4, -0.2) is 12.6 Å². The molecular weight excluding hydrogens is 201 g/mol. The molecule has 1 aromatic carbocycles. The smallest absolute Gasteiger partial charge is 0.123 e. The van der Waals surface area contributed by atoms with Crippen LogP contribution in [0.25, 0.3) is 0 Å². The van der Waals surface area contributed by atoms with Crippen LogP contribution in [0.15, 0.2) is 24.3 Å². The standard InChI is InChI=1S/C14H20FN/c1-10(2)16-9-14(11-3-4-11)12-5-7-13(15)8-6-12/h5-8,10-11,14,16H,3-4,9H2,1-2H3. The van der Waals surface area contributed by atoms with Crippen molar-refractivity contribution in [3.8, 4) is 0 Å². The first kappa shape index (κ1) is 11.6. The highest BCUT2D eigenvalue weighted by molar-refractivity contribution is 5.23. The van der Waals surface area contributed by atoms with Gasteiger partial charge in [0.05, 0.1) is 0 Å². The molecule has 2 rings (SSSR count). The van der Waals surface area contributed by atoms with E-state index in [1.807, 2.05) is 12.1 Å². The minimum absolute atomic E-state index is 0.143. The molecule has 1 aliphatic rings. The topological polar surface area (TPSA) is 12.0 Å². The summed E-state index contributed by atoms with van der Waals surface area (Å²) in [4.78, 5) is 0. The maximum absolute atomic E-state index is 12.9. The average Bonchev–Trinajstić information content (AvgIpc) is 3.04. The predicted octanol–water partition coefficient (Wildman–Crippen LogP) is 3.32. The molecule has 1 aromatic rings. The van der Waals surface area contributed by atoms with Gasteiger partial charge in [-0.25, -0.2) is 4.39 Å². The van der Waals surface area contributed by atoms with Crippen molar-refractivity contribution in [1.29, 1.82) is 0 Å². The molecule has 1 aliphatic carbocycles. The van der Waals surface area contributed by atoms with Crippen LogP contribution in [0.5, 0.6) is 0 Å². The summed E-state index contributed by atoms with van der Waals surface area (Å²) >= 11 is 0. The molecule has 1 nitrogen and oxygen atoms in total. The highest BCUT2D eigenvalue weighted by Crippen LogP contribution is 2.42. The molecule has 0 heterocycles. The Morgan fingerprint density at radius 1 is 1.25 bits per heavy atom. The Morgan fingerprint density at radius 2 is 1.88 bits per heavy atom. The Morgan fingerprint density at radius 3 is 2.38 bits per heavy atom. The summed E-state index contributed by atoms with van der Waals surface area (Å²) in [6.07, 6.45) is 2.64. The summed E-state index contributed by atoms with van der Waals surface area (Å²) in [6, 6.07) is 7.52. The summed E-state index contributed by atoms with van der Waals surface area (Å²) in [5.74, 6) is 1.22. The van der Waals surface area contributed by atoms with Gasteiger partial charge in [-0.15, -0.1) is 0 Å². The van der Waals surface area contributed by atoms with Crippen molar-refractivity contribution in [3.63, 3.8) is 0 Å². The van der Waals surface area contributed by atoms with Gasteiger partial charge in [0.15, 0.2) is 0 Å². The van der Waals surface area contributed by atoms with Crippen LogP contribution in [0.4, 0.5) is 4.39 Å². The minimum atomic E-state index is -0.143. The van der Waals surface area contributed by atoms with Gasteiger partial charge in [-0.1, -0.05) is 26.0 Å². The zero-order valence-electron chi connectivity index (χ0n) is 10.0. The van der Waals surface area contributed by atoms with Gasteiger partial charge in [0.2, 0.25) is 0 Å². The summed E-state index contributed by atoms with van der Waals surface area (Å²) in [7, 11) is 0. The Balaban J connectivity index is 2.03. The van der Waals surface area contributed by atoms with Gasteiger partial charge < -0.3 is 5.32 Å². The molecule has 1 saturated carbocycles. The number of halogens is 1. The molecule has 0 aromatic heterocycles. The number of hydrogen-bond acceptors (Lipinski definition) is 1. The van der Waals surface area contributed by atoms with E-state index in [2.05, 4.69) is 19.2 Å². The van der Waals surface area contributed by atoms with Crippen LogP contribution in [-0.2, 0) is 0 Å². The van der Waals surface area contributed by atoms with Crippen molar-refractivity contribution in [2.24, 2.45) is 5.92 Å². The van der Waals surface area contributed by atoms with Gasteiger partial charge >= 0.3 is 0 Å². The van der Waals surface area contributed by atoms with E-state index in [4.69, 9.17) is 0 Å². The fourth-order valence-electron chi connectivity index (χ4n) is 2.13. The van der Waals surface area contributed by atoms with Crippen LogP contribution in [0.3, 0.4) is 0 Å². The van der Waals surface area contributed by atoms with E-state index in [0.29, 0.717) is 12.0 Å². The van der Waals surface area contributed by atoms with Gasteiger partial charge in [-0.3, -0.25) is 0 Å². The number of hydrogen-bond donors (Lipinski definition) is 1. The average molecular weight is 221 g/mol. The van der Waals surface area contributed by atoms with Gasteiger partial charge in [0.1, 0.15) is 5.82 Å². The van der Waals surface area contributed by atoms with Crippen molar-refractivity contribution in [2.45, 2.75) is 38.6 Å². The third-order valence-electron chi connectivity index (χ3n) is 3.24. The fraction of sp³-hybridized carbons (Fsp3) is 0.571. The molecule has 16 heavy (non-hydrogen) atoms. The van der Waals surface area contributed by atoms with E-state index in [9.17, 15) is 4.39 Å². The second-order valence-electron chi connectivity index (χ2n) is 5.06. The van der Waals surface area contributed by atoms with E-state index in [-0.39, 0.29) is 5.82 Å². The van der Waals surface area contributed by atoms with Crippen LogP contribution in [0, 0.1) is 11.7 Å². The van der Waals surface area contributed by atoms with E-state index < -0.39 is 0 Å². The molecule has 0 spiro atoms. The third-order valence-corrected chi connectivity index (χ3v) is 3.24. The minimum Gasteiger partial charge on any atom is -0.314 e. The first-order chi connectivity index (χ1) is 7.66. The first-order valence-electron chi connectivity index (χ1n) is 6.15. The Kier molecular flexibility index (Phi) is 3.59. The molecule has 88 valence electrons. The molecule has 0 amide bonds. The third kappa shape index (κ3) is 3.05. The van der Waals surface area contributed by atoms with Gasteiger partial charge in [0.25, 0.3) is 0 Å². The lowest BCUT2D eigenvalue weighted by Crippen LogP contribution is -2.28. The molecule has 1 unspecified atom stereocenters. The van der Waals surface area contributed by atoms with Crippen molar-refractivity contribution in [2.75, 3.05) is 6.54 Å². The lowest BCUT2D eigenvalue weighted by molar-refractivity contribution is 0.495. The SMILES string of the molecule is CC(C)NCC(c1ccc(F)cc1)C1CC1. The maximum Gasteiger partial charge on any atom is 0.123 e. The Hall–Kier alpha value is -0.890. The maximum atomic E-state index is 12.9. The van der Waals surface area contributed by atoms with Crippen LogP contribution in [0.2, 0.25) is 0 Å². The van der Waals surface area contributed by atoms with Crippen molar-refractivity contribution in [1.82, 2.24) is 5.32 Å². The fourth-order valence-corrected chi connectivity index (χ4v) is 2.13. The van der Waals surface area contributed by atoms with E-state index >= 15 is 0 Å². The molecule has 2 heteroatoms. The molecule has 0 saturated heterocycles. The van der Waals surface area contributed by atoms with Crippen molar-refractivity contribution >= 4 is 0 Å². The number of rotatable bonds is 5. The molecular formula is C14H20FN. The normalized spacial score (nSPS) is 17.8. The number of nitrogens with one attached hydrogen (secondary N) is 1. The molecule has 0 bridgehead atoms. The van der Waals surface area contributed by atoms with Crippen molar-refractivity contribution in [3.05, 3.63) is 35.6 Å². The zero-order chi connectivity index (χ0) is 11.5. The summed E-state index contributed by atoms with van der Waals surface area (Å²) in [5, 5.41) is 3.49. The van der Waals surface area contributed by atoms with Gasteiger partial charge in [-0.05, 0) is 42.4 Å². The lowest BCUT2D eigenvalue weighted by atomic mass is 9.94. The number of benzene rings is 1. The Labute approximate surface area is 97.1 Å². The van der Waals surface area contributed by atoms with Gasteiger partial charge in [-0.2, -0.15) is 0 Å². The largest absolute Gasteiger partial charge is 0.314 e. The summed E-state index contributed by atoms with van der Waals surface area (Å²) in [5.41, 5.74) is 1.28. The van der Waals surface area contributed by atoms with E-state index in [1.165, 1.54) is 18.4 Å². The van der Waals surface area contributed by atoms with Crippen LogP contribution in [0.1, 0.15) is 38.2 Å².